The van der Waals surface area contributed by atoms with Gasteiger partial charge in [-0.05, 0) is 36.8 Å². The van der Waals surface area contributed by atoms with Gasteiger partial charge in [0, 0.05) is 23.9 Å². The predicted octanol–water partition coefficient (Wildman–Crippen LogP) is 3.48. The summed E-state index contributed by atoms with van der Waals surface area (Å²) in [5.74, 6) is 0.356. The van der Waals surface area contributed by atoms with Gasteiger partial charge in [-0.3, -0.25) is 4.98 Å². The first-order valence-corrected chi connectivity index (χ1v) is 6.86. The number of rotatable bonds is 4. The lowest BCUT2D eigenvalue weighted by Crippen LogP contribution is -2.43. The van der Waals surface area contributed by atoms with Gasteiger partial charge in [-0.15, -0.1) is 0 Å². The minimum absolute atomic E-state index is 0.241. The molecule has 94 valence electrons. The molecule has 2 atom stereocenters. The Labute approximate surface area is 105 Å². The Balaban J connectivity index is 2.16. The predicted molar refractivity (Wildman–Crippen MR) is 71.8 cm³/mol. The van der Waals surface area contributed by atoms with Crippen molar-refractivity contribution in [3.63, 3.8) is 0 Å². The molecule has 2 unspecified atom stereocenters. The van der Waals surface area contributed by atoms with Crippen molar-refractivity contribution in [1.29, 1.82) is 0 Å². The maximum absolute atomic E-state index is 6.56. The van der Waals surface area contributed by atoms with Gasteiger partial charge in [0.05, 0.1) is 0 Å². The number of nitrogens with two attached hydrogens (primary N) is 1. The second-order valence-corrected chi connectivity index (χ2v) is 5.49. The molecule has 0 radical (unpaired) electrons. The zero-order valence-electron chi connectivity index (χ0n) is 11.0. The summed E-state index contributed by atoms with van der Waals surface area (Å²) in [7, 11) is 0. The van der Waals surface area contributed by atoms with Crippen LogP contribution in [0, 0.1) is 5.41 Å². The maximum atomic E-state index is 6.56. The molecule has 0 saturated heterocycles. The van der Waals surface area contributed by atoms with Crippen LogP contribution < -0.4 is 5.73 Å². The van der Waals surface area contributed by atoms with Gasteiger partial charge in [-0.25, -0.2) is 0 Å². The van der Waals surface area contributed by atoms with Crippen LogP contribution in [0.15, 0.2) is 24.4 Å². The van der Waals surface area contributed by atoms with Crippen molar-refractivity contribution in [2.24, 2.45) is 11.1 Å². The normalized spacial score (nSPS) is 22.3. The second kappa shape index (κ2) is 5.18. The van der Waals surface area contributed by atoms with Crippen LogP contribution in [0.1, 0.15) is 57.6 Å². The van der Waals surface area contributed by atoms with Gasteiger partial charge in [0.25, 0.3) is 0 Å². The summed E-state index contributed by atoms with van der Waals surface area (Å²) < 4.78 is 0. The van der Waals surface area contributed by atoms with E-state index in [4.69, 9.17) is 5.73 Å². The molecule has 1 fully saturated rings. The van der Waals surface area contributed by atoms with Crippen LogP contribution in [0.4, 0.5) is 0 Å². The fraction of sp³-hybridized carbons (Fsp3) is 0.667. The summed E-state index contributed by atoms with van der Waals surface area (Å²) >= 11 is 0. The van der Waals surface area contributed by atoms with Crippen molar-refractivity contribution in [3.8, 4) is 0 Å². The van der Waals surface area contributed by atoms with Gasteiger partial charge in [-0.2, -0.15) is 0 Å². The molecule has 0 spiro atoms. The van der Waals surface area contributed by atoms with Crippen LogP contribution in [0.5, 0.6) is 0 Å². The minimum atomic E-state index is 0.241. The summed E-state index contributed by atoms with van der Waals surface area (Å²) in [6.07, 6.45) is 8.34. The first-order chi connectivity index (χ1) is 8.19. The standard InChI is InChI=1S/C15H24N2/c1-3-15(9-5-6-10-15)14(16)12(2)13-8-4-7-11-17-13/h4,7-8,11-12,14H,3,5-6,9-10,16H2,1-2H3. The van der Waals surface area contributed by atoms with Crippen molar-refractivity contribution >= 4 is 0 Å². The van der Waals surface area contributed by atoms with Crippen LogP contribution in [0.2, 0.25) is 0 Å². The highest BCUT2D eigenvalue weighted by molar-refractivity contribution is 5.13. The SMILES string of the molecule is CCC1(C(N)C(C)c2ccccn2)CCCC1. The lowest BCUT2D eigenvalue weighted by Gasteiger charge is -2.38. The van der Waals surface area contributed by atoms with Crippen LogP contribution in [-0.2, 0) is 0 Å². The van der Waals surface area contributed by atoms with E-state index in [0.717, 1.165) is 5.69 Å². The Morgan fingerprint density at radius 2 is 2.06 bits per heavy atom. The number of hydrogen-bond donors (Lipinski definition) is 1. The summed E-state index contributed by atoms with van der Waals surface area (Å²) in [5.41, 5.74) is 8.06. The van der Waals surface area contributed by atoms with Crippen molar-refractivity contribution < 1.29 is 0 Å². The summed E-state index contributed by atoms with van der Waals surface area (Å²) in [5, 5.41) is 0. The van der Waals surface area contributed by atoms with Crippen LogP contribution in [0.3, 0.4) is 0 Å². The van der Waals surface area contributed by atoms with E-state index in [9.17, 15) is 0 Å². The molecule has 2 N–H and O–H groups in total. The van der Waals surface area contributed by atoms with E-state index in [1.807, 2.05) is 12.3 Å². The molecule has 1 aromatic heterocycles. The van der Waals surface area contributed by atoms with Gasteiger partial charge in [0.2, 0.25) is 0 Å². The molecule has 1 saturated carbocycles. The van der Waals surface area contributed by atoms with Crippen LogP contribution in [0.25, 0.3) is 0 Å². The number of nitrogens with zero attached hydrogens (tertiary/aromatic N) is 1. The van der Waals surface area contributed by atoms with Crippen molar-refractivity contribution in [2.45, 2.75) is 57.9 Å². The van der Waals surface area contributed by atoms with Crippen LogP contribution >= 0.6 is 0 Å². The highest BCUT2D eigenvalue weighted by atomic mass is 14.8. The third kappa shape index (κ3) is 2.37. The van der Waals surface area contributed by atoms with Gasteiger partial charge in [0.15, 0.2) is 0 Å². The highest BCUT2D eigenvalue weighted by Gasteiger charge is 2.40. The molecule has 17 heavy (non-hydrogen) atoms. The molecule has 1 aliphatic rings. The molecule has 1 heterocycles. The molecular formula is C15H24N2. The Morgan fingerprint density at radius 1 is 1.35 bits per heavy atom. The summed E-state index contributed by atoms with van der Waals surface area (Å²) in [6.45, 7) is 4.51. The van der Waals surface area contributed by atoms with E-state index < -0.39 is 0 Å². The van der Waals surface area contributed by atoms with Gasteiger partial charge >= 0.3 is 0 Å². The summed E-state index contributed by atoms with van der Waals surface area (Å²) in [4.78, 5) is 4.46. The van der Waals surface area contributed by atoms with Crippen molar-refractivity contribution in [2.75, 3.05) is 0 Å². The molecule has 1 aromatic rings. The first-order valence-electron chi connectivity index (χ1n) is 6.86. The molecule has 1 aliphatic carbocycles. The molecular weight excluding hydrogens is 208 g/mol. The minimum Gasteiger partial charge on any atom is -0.327 e. The average Bonchev–Trinajstić information content (AvgIpc) is 2.88. The Hall–Kier alpha value is -0.890. The van der Waals surface area contributed by atoms with E-state index in [2.05, 4.69) is 31.0 Å². The van der Waals surface area contributed by atoms with Gasteiger partial charge in [0.1, 0.15) is 0 Å². The monoisotopic (exact) mass is 232 g/mol. The third-order valence-electron chi connectivity index (χ3n) is 4.70. The topological polar surface area (TPSA) is 38.9 Å². The van der Waals surface area contributed by atoms with Crippen molar-refractivity contribution in [1.82, 2.24) is 4.98 Å². The quantitative estimate of drug-likeness (QED) is 0.863. The van der Waals surface area contributed by atoms with Gasteiger partial charge in [-0.1, -0.05) is 32.8 Å². The molecule has 0 aromatic carbocycles. The van der Waals surface area contributed by atoms with E-state index in [1.165, 1.54) is 32.1 Å². The molecule has 2 rings (SSSR count). The zero-order valence-corrected chi connectivity index (χ0v) is 11.0. The van der Waals surface area contributed by atoms with E-state index in [1.54, 1.807) is 0 Å². The third-order valence-corrected chi connectivity index (χ3v) is 4.70. The Morgan fingerprint density at radius 3 is 2.59 bits per heavy atom. The van der Waals surface area contributed by atoms with E-state index >= 15 is 0 Å². The zero-order chi connectivity index (χ0) is 12.3. The van der Waals surface area contributed by atoms with Crippen molar-refractivity contribution in [3.05, 3.63) is 30.1 Å². The number of aromatic nitrogens is 1. The fourth-order valence-corrected chi connectivity index (χ4v) is 3.36. The largest absolute Gasteiger partial charge is 0.327 e. The molecule has 0 amide bonds. The van der Waals surface area contributed by atoms with E-state index in [0.29, 0.717) is 11.3 Å². The Bertz CT molecular complexity index is 341. The lowest BCUT2D eigenvalue weighted by atomic mass is 9.71. The van der Waals surface area contributed by atoms with Gasteiger partial charge < -0.3 is 5.73 Å². The van der Waals surface area contributed by atoms with Crippen LogP contribution in [-0.4, -0.2) is 11.0 Å². The average molecular weight is 232 g/mol. The molecule has 0 bridgehead atoms. The first kappa shape index (κ1) is 12.6. The second-order valence-electron chi connectivity index (χ2n) is 5.49. The smallest absolute Gasteiger partial charge is 0.0447 e. The molecule has 2 heteroatoms. The highest BCUT2D eigenvalue weighted by Crippen LogP contribution is 2.46. The number of pyridine rings is 1. The Kier molecular flexibility index (Phi) is 3.82. The molecule has 2 nitrogen and oxygen atoms in total. The fourth-order valence-electron chi connectivity index (χ4n) is 3.36. The van der Waals surface area contributed by atoms with E-state index in [-0.39, 0.29) is 6.04 Å². The number of hydrogen-bond acceptors (Lipinski definition) is 2. The maximum Gasteiger partial charge on any atom is 0.0447 e. The molecule has 0 aliphatic heterocycles. The lowest BCUT2D eigenvalue weighted by molar-refractivity contribution is 0.198. The summed E-state index contributed by atoms with van der Waals surface area (Å²) in [6, 6.07) is 6.36.